The van der Waals surface area contributed by atoms with Crippen molar-refractivity contribution in [3.8, 4) is 0 Å². The number of alkyl carbamates (subject to hydrolysis) is 1. The van der Waals surface area contributed by atoms with Crippen LogP contribution in [0.15, 0.2) is 12.3 Å². The number of amides is 1. The van der Waals surface area contributed by atoms with E-state index in [0.717, 1.165) is 18.5 Å². The van der Waals surface area contributed by atoms with Crippen molar-refractivity contribution in [2.24, 2.45) is 12.5 Å². The van der Waals surface area contributed by atoms with E-state index < -0.39 is 17.1 Å². The molecule has 1 aromatic rings. The van der Waals surface area contributed by atoms with Crippen molar-refractivity contribution >= 4 is 6.09 Å². The highest BCUT2D eigenvalue weighted by molar-refractivity contribution is 5.67. The van der Waals surface area contributed by atoms with Gasteiger partial charge in [0.1, 0.15) is 5.60 Å². The fourth-order valence-corrected chi connectivity index (χ4v) is 2.48. The van der Waals surface area contributed by atoms with Gasteiger partial charge in [0, 0.05) is 31.6 Å². The van der Waals surface area contributed by atoms with Crippen molar-refractivity contribution < 1.29 is 14.6 Å². The van der Waals surface area contributed by atoms with Gasteiger partial charge in [-0.2, -0.15) is 5.10 Å². The van der Waals surface area contributed by atoms with E-state index in [1.807, 2.05) is 40.1 Å². The van der Waals surface area contributed by atoms with E-state index in [2.05, 4.69) is 17.3 Å². The summed E-state index contributed by atoms with van der Waals surface area (Å²) in [5.41, 5.74) is -0.0338. The number of hydrogen-bond donors (Lipinski definition) is 2. The van der Waals surface area contributed by atoms with Crippen molar-refractivity contribution in [3.63, 3.8) is 0 Å². The van der Waals surface area contributed by atoms with Crippen LogP contribution in [0.3, 0.4) is 0 Å². The summed E-state index contributed by atoms with van der Waals surface area (Å²) >= 11 is 0. The van der Waals surface area contributed by atoms with Gasteiger partial charge in [0.15, 0.2) is 0 Å². The van der Waals surface area contributed by atoms with E-state index in [0.29, 0.717) is 13.0 Å². The van der Waals surface area contributed by atoms with Crippen molar-refractivity contribution in [3.05, 3.63) is 18.0 Å². The van der Waals surface area contributed by atoms with Crippen molar-refractivity contribution in [2.45, 2.75) is 52.6 Å². The fourth-order valence-electron chi connectivity index (χ4n) is 2.48. The molecule has 1 rings (SSSR count). The number of aryl methyl sites for hydroxylation is 1. The highest BCUT2D eigenvalue weighted by Gasteiger charge is 2.31. The van der Waals surface area contributed by atoms with Gasteiger partial charge < -0.3 is 15.2 Å². The van der Waals surface area contributed by atoms with E-state index in [1.54, 1.807) is 4.68 Å². The monoisotopic (exact) mass is 311 g/mol. The second-order valence-electron chi connectivity index (χ2n) is 6.92. The molecule has 6 nitrogen and oxygen atoms in total. The fraction of sp³-hybridized carbons (Fsp3) is 0.750. The van der Waals surface area contributed by atoms with E-state index >= 15 is 0 Å². The quantitative estimate of drug-likeness (QED) is 0.810. The normalized spacial score (nSPS) is 14.5. The molecule has 1 heterocycles. The topological polar surface area (TPSA) is 76.4 Å². The summed E-state index contributed by atoms with van der Waals surface area (Å²) in [5.74, 6) is 0. The molecule has 0 saturated heterocycles. The molecule has 0 radical (unpaired) electrons. The van der Waals surface area contributed by atoms with Gasteiger partial charge in [-0.05, 0) is 33.3 Å². The van der Waals surface area contributed by atoms with E-state index in [9.17, 15) is 9.90 Å². The summed E-state index contributed by atoms with van der Waals surface area (Å²) in [7, 11) is 1.86. The zero-order chi connectivity index (χ0) is 16.8. The summed E-state index contributed by atoms with van der Waals surface area (Å²) in [6.07, 6.45) is 3.76. The number of aromatic nitrogens is 2. The second kappa shape index (κ2) is 7.63. The van der Waals surface area contributed by atoms with E-state index in [1.165, 1.54) is 0 Å². The minimum absolute atomic E-state index is 0.00673. The third kappa shape index (κ3) is 6.05. The molecule has 0 aliphatic carbocycles. The maximum atomic E-state index is 11.8. The van der Waals surface area contributed by atoms with Crippen LogP contribution in [0.1, 0.15) is 46.2 Å². The first-order valence-corrected chi connectivity index (χ1v) is 7.76. The lowest BCUT2D eigenvalue weighted by Gasteiger charge is -2.32. The molecule has 0 saturated carbocycles. The van der Waals surface area contributed by atoms with Gasteiger partial charge in [-0.25, -0.2) is 4.79 Å². The average molecular weight is 311 g/mol. The molecule has 0 aromatic carbocycles. The standard InChI is InChI=1S/C16H29N3O3/c1-6-8-16(12-20,10-13-7-9-19(5)18-13)11-17-14(21)22-15(2,3)4/h7,9,20H,6,8,10-12H2,1-5H3,(H,17,21). The lowest BCUT2D eigenvalue weighted by molar-refractivity contribution is 0.0454. The first-order chi connectivity index (χ1) is 10.2. The highest BCUT2D eigenvalue weighted by atomic mass is 16.6. The number of nitrogens with zero attached hydrogens (tertiary/aromatic N) is 2. The van der Waals surface area contributed by atoms with Gasteiger partial charge in [-0.15, -0.1) is 0 Å². The van der Waals surface area contributed by atoms with Crippen LogP contribution in [-0.4, -0.2) is 39.7 Å². The Labute approximate surface area is 132 Å². The van der Waals surface area contributed by atoms with Gasteiger partial charge >= 0.3 is 6.09 Å². The Morgan fingerprint density at radius 1 is 1.45 bits per heavy atom. The smallest absolute Gasteiger partial charge is 0.407 e. The predicted molar refractivity (Wildman–Crippen MR) is 85.6 cm³/mol. The Balaban J connectivity index is 2.72. The van der Waals surface area contributed by atoms with Crippen LogP contribution in [-0.2, 0) is 18.2 Å². The summed E-state index contributed by atoms with van der Waals surface area (Å²) in [4.78, 5) is 11.8. The maximum Gasteiger partial charge on any atom is 0.407 e. The SMILES string of the molecule is CCCC(CO)(CNC(=O)OC(C)(C)C)Cc1ccn(C)n1. The molecule has 1 atom stereocenters. The first kappa shape index (κ1) is 18.5. The average Bonchev–Trinajstić information content (AvgIpc) is 2.79. The molecule has 1 aromatic heterocycles. The number of ether oxygens (including phenoxy) is 1. The number of hydrogen-bond acceptors (Lipinski definition) is 4. The molecule has 22 heavy (non-hydrogen) atoms. The highest BCUT2D eigenvalue weighted by Crippen LogP contribution is 2.27. The number of rotatable bonds is 7. The third-order valence-electron chi connectivity index (χ3n) is 3.45. The molecule has 126 valence electrons. The van der Waals surface area contributed by atoms with Crippen LogP contribution < -0.4 is 5.32 Å². The largest absolute Gasteiger partial charge is 0.444 e. The Bertz CT molecular complexity index is 479. The van der Waals surface area contributed by atoms with Crippen LogP contribution in [0.25, 0.3) is 0 Å². The van der Waals surface area contributed by atoms with Gasteiger partial charge in [0.05, 0.1) is 12.3 Å². The summed E-state index contributed by atoms with van der Waals surface area (Å²) < 4.78 is 7.00. The number of carbonyl (C=O) groups is 1. The summed E-state index contributed by atoms with van der Waals surface area (Å²) in [6, 6.07) is 1.94. The zero-order valence-electron chi connectivity index (χ0n) is 14.3. The van der Waals surface area contributed by atoms with Crippen LogP contribution in [0.5, 0.6) is 0 Å². The van der Waals surface area contributed by atoms with Crippen LogP contribution >= 0.6 is 0 Å². The Morgan fingerprint density at radius 2 is 2.14 bits per heavy atom. The molecule has 0 aliphatic rings. The molecular weight excluding hydrogens is 282 g/mol. The lowest BCUT2D eigenvalue weighted by atomic mass is 9.79. The molecule has 0 aliphatic heterocycles. The predicted octanol–water partition coefficient (Wildman–Crippen LogP) is 2.27. The molecular formula is C16H29N3O3. The zero-order valence-corrected chi connectivity index (χ0v) is 14.3. The Kier molecular flexibility index (Phi) is 6.41. The number of nitrogens with one attached hydrogen (secondary N) is 1. The van der Waals surface area contributed by atoms with Crippen LogP contribution in [0.2, 0.25) is 0 Å². The molecule has 0 fully saturated rings. The van der Waals surface area contributed by atoms with Crippen molar-refractivity contribution in [1.29, 1.82) is 0 Å². The first-order valence-electron chi connectivity index (χ1n) is 7.76. The van der Waals surface area contributed by atoms with Crippen molar-refractivity contribution in [2.75, 3.05) is 13.2 Å². The number of aliphatic hydroxyl groups excluding tert-OH is 1. The number of carbonyl (C=O) groups excluding carboxylic acids is 1. The van der Waals surface area contributed by atoms with Crippen LogP contribution in [0.4, 0.5) is 4.79 Å². The molecule has 6 heteroatoms. The van der Waals surface area contributed by atoms with Gasteiger partial charge in [0.2, 0.25) is 0 Å². The summed E-state index contributed by atoms with van der Waals surface area (Å²) in [6.45, 7) is 7.90. The molecule has 0 bridgehead atoms. The summed E-state index contributed by atoms with van der Waals surface area (Å²) in [5, 5.41) is 17.1. The van der Waals surface area contributed by atoms with E-state index in [-0.39, 0.29) is 6.61 Å². The van der Waals surface area contributed by atoms with Gasteiger partial charge in [-0.3, -0.25) is 4.68 Å². The lowest BCUT2D eigenvalue weighted by Crippen LogP contribution is -2.43. The van der Waals surface area contributed by atoms with Crippen LogP contribution in [0, 0.1) is 5.41 Å². The van der Waals surface area contributed by atoms with E-state index in [4.69, 9.17) is 4.74 Å². The number of aliphatic hydroxyl groups is 1. The van der Waals surface area contributed by atoms with Gasteiger partial charge in [-0.1, -0.05) is 13.3 Å². The molecule has 0 spiro atoms. The molecule has 1 unspecified atom stereocenters. The second-order valence-corrected chi connectivity index (χ2v) is 6.92. The Morgan fingerprint density at radius 3 is 2.59 bits per heavy atom. The minimum Gasteiger partial charge on any atom is -0.444 e. The molecule has 1 amide bonds. The molecule has 2 N–H and O–H groups in total. The third-order valence-corrected chi connectivity index (χ3v) is 3.45. The van der Waals surface area contributed by atoms with Crippen molar-refractivity contribution in [1.82, 2.24) is 15.1 Å². The minimum atomic E-state index is -0.530. The Hall–Kier alpha value is -1.56. The maximum absolute atomic E-state index is 11.8. The van der Waals surface area contributed by atoms with Gasteiger partial charge in [0.25, 0.3) is 0 Å².